The fraction of sp³-hybridized carbons (Fsp3) is 0.385. The standard InChI is InChI=1S/C13H14F3N2O6P/c1-24-5-4-10(25(21,22)23)18-9-3-2-7(13(14,15)16)6-8(9)17-11(19)12(18)20/h2-3,6,10H,4-5H2,1H3,(H,17,19)(H2,21,22,23). The van der Waals surface area contributed by atoms with Crippen molar-refractivity contribution in [2.24, 2.45) is 0 Å². The van der Waals surface area contributed by atoms with Crippen LogP contribution >= 0.6 is 7.60 Å². The third kappa shape index (κ3) is 4.01. The topological polar surface area (TPSA) is 122 Å². The lowest BCUT2D eigenvalue weighted by Crippen LogP contribution is -2.38. The Bertz CT molecular complexity index is 945. The molecule has 25 heavy (non-hydrogen) atoms. The van der Waals surface area contributed by atoms with Gasteiger partial charge >= 0.3 is 24.9 Å². The molecule has 0 bridgehead atoms. The molecule has 12 heteroatoms. The van der Waals surface area contributed by atoms with Crippen LogP contribution in [0.4, 0.5) is 13.2 Å². The number of ether oxygens (including phenoxy) is 1. The van der Waals surface area contributed by atoms with E-state index in [2.05, 4.69) is 0 Å². The number of hydrogen-bond acceptors (Lipinski definition) is 4. The van der Waals surface area contributed by atoms with Crippen LogP contribution in [0.2, 0.25) is 0 Å². The molecule has 0 aliphatic carbocycles. The molecule has 0 radical (unpaired) electrons. The van der Waals surface area contributed by atoms with Gasteiger partial charge in [-0.1, -0.05) is 0 Å². The maximum atomic E-state index is 12.8. The van der Waals surface area contributed by atoms with Crippen molar-refractivity contribution in [2.45, 2.75) is 18.4 Å². The molecule has 138 valence electrons. The van der Waals surface area contributed by atoms with E-state index in [1.54, 1.807) is 0 Å². The summed E-state index contributed by atoms with van der Waals surface area (Å²) in [6.07, 6.45) is -5.01. The van der Waals surface area contributed by atoms with Crippen LogP contribution < -0.4 is 11.1 Å². The number of hydrogen-bond donors (Lipinski definition) is 3. The molecule has 2 rings (SSSR count). The summed E-state index contributed by atoms with van der Waals surface area (Å²) >= 11 is 0. The van der Waals surface area contributed by atoms with E-state index < -0.39 is 36.2 Å². The number of benzene rings is 1. The Labute approximate surface area is 138 Å². The van der Waals surface area contributed by atoms with E-state index in [0.717, 1.165) is 6.07 Å². The molecule has 0 aliphatic rings. The van der Waals surface area contributed by atoms with Gasteiger partial charge in [0.1, 0.15) is 5.78 Å². The molecule has 0 amide bonds. The molecule has 0 aliphatic heterocycles. The number of halogens is 3. The zero-order valence-corrected chi connectivity index (χ0v) is 13.7. The average Bonchev–Trinajstić information content (AvgIpc) is 2.48. The van der Waals surface area contributed by atoms with Crippen molar-refractivity contribution < 1.29 is 32.3 Å². The summed E-state index contributed by atoms with van der Waals surface area (Å²) in [6, 6.07) is 2.13. The maximum Gasteiger partial charge on any atom is 0.416 e. The van der Waals surface area contributed by atoms with Gasteiger partial charge < -0.3 is 19.5 Å². The first kappa shape index (κ1) is 19.4. The predicted octanol–water partition coefficient (Wildman–Crippen LogP) is 1.42. The second-order valence-electron chi connectivity index (χ2n) is 5.21. The Morgan fingerprint density at radius 2 is 1.96 bits per heavy atom. The number of rotatable bonds is 5. The first-order valence-electron chi connectivity index (χ1n) is 6.86. The van der Waals surface area contributed by atoms with Crippen LogP contribution in [-0.2, 0) is 15.5 Å². The van der Waals surface area contributed by atoms with Gasteiger partial charge in [-0.3, -0.25) is 18.7 Å². The number of alkyl halides is 3. The van der Waals surface area contributed by atoms with Gasteiger partial charge in [0.2, 0.25) is 0 Å². The number of methoxy groups -OCH3 is 1. The van der Waals surface area contributed by atoms with Crippen molar-refractivity contribution in [2.75, 3.05) is 13.7 Å². The fourth-order valence-electron chi connectivity index (χ4n) is 2.38. The second kappa shape index (κ2) is 6.75. The summed E-state index contributed by atoms with van der Waals surface area (Å²) in [7, 11) is -3.65. The van der Waals surface area contributed by atoms with E-state index in [9.17, 15) is 37.1 Å². The van der Waals surface area contributed by atoms with E-state index in [0.29, 0.717) is 16.7 Å². The smallest absolute Gasteiger partial charge is 0.385 e. The predicted molar refractivity (Wildman–Crippen MR) is 81.4 cm³/mol. The highest BCUT2D eigenvalue weighted by Gasteiger charge is 2.34. The zero-order valence-electron chi connectivity index (χ0n) is 12.8. The van der Waals surface area contributed by atoms with E-state index >= 15 is 0 Å². The van der Waals surface area contributed by atoms with Crippen molar-refractivity contribution in [1.82, 2.24) is 9.55 Å². The van der Waals surface area contributed by atoms with Crippen molar-refractivity contribution >= 4 is 18.6 Å². The molecule has 0 fully saturated rings. The van der Waals surface area contributed by atoms with Crippen LogP contribution in [0, 0.1) is 0 Å². The lowest BCUT2D eigenvalue weighted by molar-refractivity contribution is -0.137. The summed E-state index contributed by atoms with van der Waals surface area (Å²) in [5.41, 5.74) is -4.25. The van der Waals surface area contributed by atoms with Crippen LogP contribution in [0.25, 0.3) is 11.0 Å². The highest BCUT2D eigenvalue weighted by Crippen LogP contribution is 2.50. The Morgan fingerprint density at radius 1 is 1.32 bits per heavy atom. The third-order valence-corrected chi connectivity index (χ3v) is 4.78. The van der Waals surface area contributed by atoms with Crippen LogP contribution in [0.15, 0.2) is 27.8 Å². The lowest BCUT2D eigenvalue weighted by Gasteiger charge is -2.22. The van der Waals surface area contributed by atoms with Crippen molar-refractivity contribution in [3.05, 3.63) is 44.5 Å². The molecule has 3 N–H and O–H groups in total. The molecule has 0 saturated heterocycles. The quantitative estimate of drug-likeness (QED) is 0.531. The van der Waals surface area contributed by atoms with Gasteiger partial charge in [0.15, 0.2) is 0 Å². The van der Waals surface area contributed by atoms with E-state index in [-0.39, 0.29) is 24.1 Å². The summed E-state index contributed by atoms with van der Waals surface area (Å²) < 4.78 is 55.4. The van der Waals surface area contributed by atoms with Crippen LogP contribution in [0.5, 0.6) is 0 Å². The Balaban J connectivity index is 2.81. The van der Waals surface area contributed by atoms with Gasteiger partial charge in [-0.2, -0.15) is 13.2 Å². The number of H-pyrrole nitrogens is 1. The van der Waals surface area contributed by atoms with Gasteiger partial charge in [0.25, 0.3) is 0 Å². The third-order valence-electron chi connectivity index (χ3n) is 3.51. The summed E-state index contributed by atoms with van der Waals surface area (Å²) in [5.74, 6) is -1.75. The summed E-state index contributed by atoms with van der Waals surface area (Å²) in [4.78, 5) is 44.9. The molecule has 8 nitrogen and oxygen atoms in total. The minimum absolute atomic E-state index is 0.142. The number of aromatic amines is 1. The SMILES string of the molecule is COCCC(n1c(=O)c(=O)[nH]c2cc(C(F)(F)F)ccc21)P(=O)(O)O. The molecule has 1 atom stereocenters. The van der Waals surface area contributed by atoms with Crippen molar-refractivity contribution in [3.63, 3.8) is 0 Å². The number of nitrogens with one attached hydrogen (secondary N) is 1. The van der Waals surface area contributed by atoms with Crippen LogP contribution in [-0.4, -0.2) is 33.1 Å². The Morgan fingerprint density at radius 3 is 2.48 bits per heavy atom. The number of aromatic nitrogens is 2. The van der Waals surface area contributed by atoms with Crippen molar-refractivity contribution in [1.29, 1.82) is 0 Å². The molecule has 0 spiro atoms. The fourth-order valence-corrected chi connectivity index (χ4v) is 3.36. The first-order chi connectivity index (χ1) is 11.5. The highest BCUT2D eigenvalue weighted by molar-refractivity contribution is 7.51. The van der Waals surface area contributed by atoms with E-state index in [4.69, 9.17) is 4.74 Å². The van der Waals surface area contributed by atoms with Crippen LogP contribution in [0.3, 0.4) is 0 Å². The largest absolute Gasteiger partial charge is 0.416 e. The van der Waals surface area contributed by atoms with Crippen LogP contribution in [0.1, 0.15) is 17.8 Å². The Kier molecular flexibility index (Phi) is 5.24. The Hall–Kier alpha value is -1.94. The van der Waals surface area contributed by atoms with Crippen molar-refractivity contribution in [3.8, 4) is 0 Å². The zero-order chi connectivity index (χ0) is 19.0. The highest BCUT2D eigenvalue weighted by atomic mass is 31.2. The average molecular weight is 382 g/mol. The minimum Gasteiger partial charge on any atom is -0.385 e. The molecule has 2 aromatic rings. The molecule has 0 saturated carbocycles. The molecular formula is C13H14F3N2O6P. The molecule has 1 unspecified atom stereocenters. The molecule has 1 aromatic heterocycles. The van der Waals surface area contributed by atoms with Gasteiger partial charge in [-0.25, -0.2) is 0 Å². The summed E-state index contributed by atoms with van der Waals surface area (Å²) in [6.45, 7) is -0.142. The second-order valence-corrected chi connectivity index (χ2v) is 6.98. The molecule has 1 heterocycles. The van der Waals surface area contributed by atoms with Gasteiger partial charge in [0.05, 0.1) is 16.6 Å². The van der Waals surface area contributed by atoms with Gasteiger partial charge in [-0.15, -0.1) is 0 Å². The van der Waals surface area contributed by atoms with E-state index in [1.165, 1.54) is 7.11 Å². The first-order valence-corrected chi connectivity index (χ1v) is 8.55. The number of nitrogens with zero attached hydrogens (tertiary/aromatic N) is 1. The van der Waals surface area contributed by atoms with Gasteiger partial charge in [0, 0.05) is 20.1 Å². The lowest BCUT2D eigenvalue weighted by atomic mass is 10.2. The maximum absolute atomic E-state index is 12.8. The molecule has 1 aromatic carbocycles. The molecular weight excluding hydrogens is 368 g/mol. The van der Waals surface area contributed by atoms with E-state index in [1.807, 2.05) is 4.98 Å². The normalized spacial score (nSPS) is 14.0. The minimum atomic E-state index is -4.92. The van der Waals surface area contributed by atoms with Gasteiger partial charge in [-0.05, 0) is 18.2 Å². The summed E-state index contributed by atoms with van der Waals surface area (Å²) in [5, 5.41) is 0. The number of fused-ring (bicyclic) bond motifs is 1. The monoisotopic (exact) mass is 382 g/mol.